The Kier molecular flexibility index (Phi) is 5.94. The molecule has 0 fully saturated rings. The second-order valence-electron chi connectivity index (χ2n) is 3.87. The monoisotopic (exact) mass is 316 g/mol. The normalized spacial score (nSPS) is 11.8. The van der Waals surface area contributed by atoms with E-state index in [1.807, 2.05) is 18.2 Å². The van der Waals surface area contributed by atoms with Crippen molar-refractivity contribution in [2.45, 2.75) is 19.5 Å². The summed E-state index contributed by atoms with van der Waals surface area (Å²) in [6.45, 7) is 1.99. The Hall–Kier alpha value is -1.27. The Balaban J connectivity index is 2.57. The van der Waals surface area contributed by atoms with Gasteiger partial charge in [0.1, 0.15) is 5.75 Å². The minimum Gasteiger partial charge on any atom is -0.496 e. The fourth-order valence-corrected chi connectivity index (χ4v) is 1.79. The summed E-state index contributed by atoms with van der Waals surface area (Å²) in [5.41, 5.74) is 0.874. The third-order valence-electron chi connectivity index (χ3n) is 2.33. The summed E-state index contributed by atoms with van der Waals surface area (Å²) in [6.07, 6.45) is 0. The van der Waals surface area contributed by atoms with Crippen LogP contribution >= 0.6 is 15.9 Å². The zero-order valence-corrected chi connectivity index (χ0v) is 12.0. The number of aliphatic hydroxyl groups excluding tert-OH is 1. The first-order chi connectivity index (χ1) is 8.56. The van der Waals surface area contributed by atoms with Gasteiger partial charge < -0.3 is 20.5 Å². The molecule has 0 aliphatic carbocycles. The number of hydrogen-bond acceptors (Lipinski definition) is 3. The van der Waals surface area contributed by atoms with Gasteiger partial charge in [-0.3, -0.25) is 0 Å². The first-order valence-electron chi connectivity index (χ1n) is 5.54. The molecule has 5 nitrogen and oxygen atoms in total. The van der Waals surface area contributed by atoms with E-state index in [9.17, 15) is 4.79 Å². The molecule has 1 atom stereocenters. The van der Waals surface area contributed by atoms with Crippen molar-refractivity contribution in [1.29, 1.82) is 0 Å². The third-order valence-corrected chi connectivity index (χ3v) is 2.83. The van der Waals surface area contributed by atoms with E-state index in [1.165, 1.54) is 0 Å². The highest BCUT2D eigenvalue weighted by Gasteiger charge is 2.08. The zero-order chi connectivity index (χ0) is 13.5. The summed E-state index contributed by atoms with van der Waals surface area (Å²) in [5.74, 6) is 0.716. The molecular formula is C12H17BrN2O3. The number of carbonyl (C=O) groups is 1. The van der Waals surface area contributed by atoms with Gasteiger partial charge in [0.15, 0.2) is 0 Å². The largest absolute Gasteiger partial charge is 0.496 e. The Labute approximate surface area is 115 Å². The third kappa shape index (κ3) is 4.54. The molecule has 0 radical (unpaired) electrons. The molecule has 0 aliphatic rings. The maximum Gasteiger partial charge on any atom is 0.315 e. The topological polar surface area (TPSA) is 70.6 Å². The van der Waals surface area contributed by atoms with Crippen molar-refractivity contribution in [1.82, 2.24) is 10.6 Å². The number of carbonyl (C=O) groups excluding carboxylic acids is 1. The van der Waals surface area contributed by atoms with Crippen LogP contribution in [0.25, 0.3) is 0 Å². The lowest BCUT2D eigenvalue weighted by molar-refractivity contribution is 0.220. The van der Waals surface area contributed by atoms with Crippen molar-refractivity contribution in [2.24, 2.45) is 0 Å². The van der Waals surface area contributed by atoms with Crippen LogP contribution in [0.5, 0.6) is 5.75 Å². The number of amides is 2. The summed E-state index contributed by atoms with van der Waals surface area (Å²) >= 11 is 3.37. The second-order valence-corrected chi connectivity index (χ2v) is 4.78. The molecule has 1 rings (SSSR count). The number of ether oxygens (including phenoxy) is 1. The lowest BCUT2D eigenvalue weighted by atomic mass is 10.2. The van der Waals surface area contributed by atoms with Gasteiger partial charge in [-0.05, 0) is 25.1 Å². The van der Waals surface area contributed by atoms with Crippen molar-refractivity contribution >= 4 is 22.0 Å². The van der Waals surface area contributed by atoms with Gasteiger partial charge in [0.2, 0.25) is 0 Å². The Morgan fingerprint density at radius 2 is 2.28 bits per heavy atom. The van der Waals surface area contributed by atoms with Crippen LogP contribution in [0.2, 0.25) is 0 Å². The van der Waals surface area contributed by atoms with Gasteiger partial charge in [0.05, 0.1) is 19.8 Å². The van der Waals surface area contributed by atoms with E-state index in [1.54, 1.807) is 14.0 Å². The number of aliphatic hydroxyl groups is 1. The lowest BCUT2D eigenvalue weighted by Crippen LogP contribution is -2.41. The Morgan fingerprint density at radius 3 is 2.89 bits per heavy atom. The van der Waals surface area contributed by atoms with Gasteiger partial charge in [-0.2, -0.15) is 0 Å². The van der Waals surface area contributed by atoms with Crippen LogP contribution in [-0.4, -0.2) is 30.9 Å². The van der Waals surface area contributed by atoms with E-state index < -0.39 is 0 Å². The van der Waals surface area contributed by atoms with E-state index in [0.29, 0.717) is 12.3 Å². The molecule has 6 heteroatoms. The van der Waals surface area contributed by atoms with Gasteiger partial charge in [-0.25, -0.2) is 4.79 Å². The van der Waals surface area contributed by atoms with Crippen LogP contribution in [0, 0.1) is 0 Å². The molecule has 1 unspecified atom stereocenters. The van der Waals surface area contributed by atoms with E-state index in [0.717, 1.165) is 10.0 Å². The van der Waals surface area contributed by atoms with Crippen molar-refractivity contribution in [3.8, 4) is 5.75 Å². The highest BCUT2D eigenvalue weighted by Crippen LogP contribution is 2.22. The molecule has 1 aromatic carbocycles. The van der Waals surface area contributed by atoms with Crippen molar-refractivity contribution in [3.63, 3.8) is 0 Å². The van der Waals surface area contributed by atoms with E-state index in [2.05, 4.69) is 26.6 Å². The number of halogens is 1. The van der Waals surface area contributed by atoms with Crippen LogP contribution in [-0.2, 0) is 6.54 Å². The Bertz CT molecular complexity index is 412. The molecule has 0 bridgehead atoms. The summed E-state index contributed by atoms with van der Waals surface area (Å²) in [6, 6.07) is 4.99. The maximum atomic E-state index is 11.5. The van der Waals surface area contributed by atoms with Gasteiger partial charge in [-0.15, -0.1) is 0 Å². The zero-order valence-electron chi connectivity index (χ0n) is 10.4. The van der Waals surface area contributed by atoms with Crippen LogP contribution in [0.4, 0.5) is 4.79 Å². The predicted molar refractivity (Wildman–Crippen MR) is 72.6 cm³/mol. The summed E-state index contributed by atoms with van der Waals surface area (Å²) in [5, 5.41) is 14.1. The molecular weight excluding hydrogens is 300 g/mol. The minimum absolute atomic E-state index is 0.0897. The summed E-state index contributed by atoms with van der Waals surface area (Å²) in [7, 11) is 1.58. The van der Waals surface area contributed by atoms with Gasteiger partial charge in [-0.1, -0.05) is 15.9 Å². The number of methoxy groups -OCH3 is 1. The average molecular weight is 317 g/mol. The number of nitrogens with one attached hydrogen (secondary N) is 2. The number of benzene rings is 1. The van der Waals surface area contributed by atoms with Crippen molar-refractivity contribution < 1.29 is 14.6 Å². The summed E-state index contributed by atoms with van der Waals surface area (Å²) < 4.78 is 6.12. The number of urea groups is 1. The molecule has 3 N–H and O–H groups in total. The quantitative estimate of drug-likeness (QED) is 0.773. The molecule has 0 aliphatic heterocycles. The van der Waals surface area contributed by atoms with Crippen LogP contribution < -0.4 is 15.4 Å². The molecule has 1 aromatic rings. The average Bonchev–Trinajstić information content (AvgIpc) is 2.36. The van der Waals surface area contributed by atoms with Crippen molar-refractivity contribution in [2.75, 3.05) is 13.7 Å². The number of rotatable bonds is 5. The van der Waals surface area contributed by atoms with Crippen molar-refractivity contribution in [3.05, 3.63) is 28.2 Å². The first kappa shape index (κ1) is 14.8. The fourth-order valence-electron chi connectivity index (χ4n) is 1.38. The van der Waals surface area contributed by atoms with Gasteiger partial charge >= 0.3 is 6.03 Å². The fraction of sp³-hybridized carbons (Fsp3) is 0.417. The standard InChI is InChI=1S/C12H17BrN2O3/c1-8(7-16)15-12(17)14-6-9-5-10(13)3-4-11(9)18-2/h3-5,8,16H,6-7H2,1-2H3,(H2,14,15,17). The highest BCUT2D eigenvalue weighted by atomic mass is 79.9. The molecule has 18 heavy (non-hydrogen) atoms. The Morgan fingerprint density at radius 1 is 1.56 bits per heavy atom. The van der Waals surface area contributed by atoms with E-state index in [-0.39, 0.29) is 18.7 Å². The van der Waals surface area contributed by atoms with Crippen LogP contribution in [0.3, 0.4) is 0 Å². The van der Waals surface area contributed by atoms with Crippen LogP contribution in [0.15, 0.2) is 22.7 Å². The molecule has 0 aromatic heterocycles. The highest BCUT2D eigenvalue weighted by molar-refractivity contribution is 9.10. The van der Waals surface area contributed by atoms with Crippen LogP contribution in [0.1, 0.15) is 12.5 Å². The molecule has 0 saturated heterocycles. The lowest BCUT2D eigenvalue weighted by Gasteiger charge is -2.13. The molecule has 100 valence electrons. The second kappa shape index (κ2) is 7.23. The van der Waals surface area contributed by atoms with E-state index >= 15 is 0 Å². The summed E-state index contributed by atoms with van der Waals surface area (Å²) in [4.78, 5) is 11.5. The van der Waals surface area contributed by atoms with E-state index in [4.69, 9.17) is 9.84 Å². The smallest absolute Gasteiger partial charge is 0.315 e. The SMILES string of the molecule is COc1ccc(Br)cc1CNC(=O)NC(C)CO. The molecule has 2 amide bonds. The van der Waals surface area contributed by atoms with Gasteiger partial charge in [0.25, 0.3) is 0 Å². The minimum atomic E-state index is -0.321. The molecule has 0 spiro atoms. The first-order valence-corrected chi connectivity index (χ1v) is 6.33. The molecule has 0 heterocycles. The maximum absolute atomic E-state index is 11.5. The predicted octanol–water partition coefficient (Wildman–Crippen LogP) is 1.64. The van der Waals surface area contributed by atoms with Gasteiger partial charge in [0, 0.05) is 16.6 Å². The molecule has 0 saturated carbocycles. The number of hydrogen-bond donors (Lipinski definition) is 3.